The fourth-order valence-corrected chi connectivity index (χ4v) is 2.90. The second-order valence-corrected chi connectivity index (χ2v) is 6.04. The lowest BCUT2D eigenvalue weighted by Crippen LogP contribution is -2.36. The summed E-state index contributed by atoms with van der Waals surface area (Å²) in [6.07, 6.45) is 3.23. The second-order valence-electron chi connectivity index (χ2n) is 5.64. The fraction of sp³-hybridized carbons (Fsp3) is 0.235. The van der Waals surface area contributed by atoms with Crippen molar-refractivity contribution < 1.29 is 9.13 Å². The van der Waals surface area contributed by atoms with Crippen LogP contribution >= 0.6 is 11.6 Å². The molecule has 3 heterocycles. The van der Waals surface area contributed by atoms with E-state index in [1.807, 2.05) is 6.07 Å². The van der Waals surface area contributed by atoms with Crippen molar-refractivity contribution in [3.05, 3.63) is 47.6 Å². The number of fused-ring (bicyclic) bond motifs is 1. The van der Waals surface area contributed by atoms with E-state index < -0.39 is 5.82 Å². The zero-order valence-electron chi connectivity index (χ0n) is 13.2. The van der Waals surface area contributed by atoms with Crippen molar-refractivity contribution in [2.24, 2.45) is 0 Å². The molecule has 0 radical (unpaired) electrons. The van der Waals surface area contributed by atoms with Crippen LogP contribution in [0.2, 0.25) is 5.02 Å². The summed E-state index contributed by atoms with van der Waals surface area (Å²) in [4.78, 5) is 15.3. The van der Waals surface area contributed by atoms with Gasteiger partial charge in [-0.15, -0.1) is 0 Å². The van der Waals surface area contributed by atoms with Crippen molar-refractivity contribution in [3.8, 4) is 0 Å². The molecule has 0 atom stereocenters. The highest BCUT2D eigenvalue weighted by Crippen LogP contribution is 2.27. The van der Waals surface area contributed by atoms with E-state index in [1.54, 1.807) is 12.3 Å². The number of aromatic nitrogens is 3. The molecule has 0 bridgehead atoms. The molecular formula is C17H15ClFN5O. The van der Waals surface area contributed by atoms with Crippen molar-refractivity contribution in [1.82, 2.24) is 15.0 Å². The fourth-order valence-electron chi connectivity index (χ4n) is 2.72. The van der Waals surface area contributed by atoms with Crippen molar-refractivity contribution in [2.75, 3.05) is 36.5 Å². The number of ether oxygens (including phenoxy) is 1. The number of benzene rings is 1. The van der Waals surface area contributed by atoms with Crippen LogP contribution in [-0.4, -0.2) is 41.3 Å². The normalized spacial score (nSPS) is 14.7. The topological polar surface area (TPSA) is 63.2 Å². The Hall–Kier alpha value is -2.51. The van der Waals surface area contributed by atoms with Gasteiger partial charge in [-0.25, -0.2) is 19.3 Å². The van der Waals surface area contributed by atoms with Crippen LogP contribution in [0.5, 0.6) is 0 Å². The molecule has 0 spiro atoms. The average molecular weight is 360 g/mol. The zero-order valence-corrected chi connectivity index (χ0v) is 14.0. The van der Waals surface area contributed by atoms with Crippen LogP contribution in [0.25, 0.3) is 10.9 Å². The minimum absolute atomic E-state index is 0.0519. The molecule has 0 aliphatic carbocycles. The van der Waals surface area contributed by atoms with Gasteiger partial charge in [0.1, 0.15) is 23.8 Å². The van der Waals surface area contributed by atoms with Crippen LogP contribution in [0.4, 0.5) is 21.7 Å². The first-order valence-corrected chi connectivity index (χ1v) is 8.24. The Bertz CT molecular complexity index is 917. The maximum Gasteiger partial charge on any atom is 0.143 e. The number of anilines is 3. The molecule has 1 aliphatic rings. The maximum absolute atomic E-state index is 13.3. The minimum atomic E-state index is -0.461. The first-order valence-electron chi connectivity index (χ1n) is 7.86. The molecule has 0 amide bonds. The zero-order chi connectivity index (χ0) is 17.2. The van der Waals surface area contributed by atoms with Gasteiger partial charge in [0.25, 0.3) is 0 Å². The summed E-state index contributed by atoms with van der Waals surface area (Å²) in [5.74, 6) is 0.996. The lowest BCUT2D eigenvalue weighted by atomic mass is 10.2. The first-order chi connectivity index (χ1) is 12.2. The van der Waals surface area contributed by atoms with Gasteiger partial charge in [0.2, 0.25) is 0 Å². The summed E-state index contributed by atoms with van der Waals surface area (Å²) in [5, 5.41) is 3.97. The molecule has 1 N–H and O–H groups in total. The van der Waals surface area contributed by atoms with E-state index in [2.05, 4.69) is 25.2 Å². The van der Waals surface area contributed by atoms with E-state index in [1.165, 1.54) is 18.5 Å². The van der Waals surface area contributed by atoms with Crippen LogP contribution in [0.1, 0.15) is 0 Å². The van der Waals surface area contributed by atoms with E-state index in [0.29, 0.717) is 24.7 Å². The highest BCUT2D eigenvalue weighted by atomic mass is 35.5. The van der Waals surface area contributed by atoms with Gasteiger partial charge in [-0.2, -0.15) is 0 Å². The molecule has 1 saturated heterocycles. The third-order valence-electron chi connectivity index (χ3n) is 4.02. The quantitative estimate of drug-likeness (QED) is 0.773. The number of hydrogen-bond acceptors (Lipinski definition) is 6. The van der Waals surface area contributed by atoms with E-state index in [0.717, 1.165) is 29.8 Å². The second kappa shape index (κ2) is 6.78. The maximum atomic E-state index is 13.3. The summed E-state index contributed by atoms with van der Waals surface area (Å²) in [6, 6.07) is 6.36. The highest BCUT2D eigenvalue weighted by Gasteiger charge is 2.14. The largest absolute Gasteiger partial charge is 0.378 e. The van der Waals surface area contributed by atoms with Gasteiger partial charge in [-0.3, -0.25) is 0 Å². The summed E-state index contributed by atoms with van der Waals surface area (Å²) in [6.45, 7) is 3.01. The smallest absolute Gasteiger partial charge is 0.143 e. The number of morpholine rings is 1. The van der Waals surface area contributed by atoms with Crippen molar-refractivity contribution in [2.45, 2.75) is 0 Å². The van der Waals surface area contributed by atoms with Crippen LogP contribution in [0.3, 0.4) is 0 Å². The number of halogens is 2. The van der Waals surface area contributed by atoms with Crippen molar-refractivity contribution in [1.29, 1.82) is 0 Å². The average Bonchev–Trinajstić information content (AvgIpc) is 2.65. The Morgan fingerprint density at radius 1 is 1.12 bits per heavy atom. The first kappa shape index (κ1) is 16.0. The molecule has 3 aromatic rings. The Kier molecular flexibility index (Phi) is 4.33. The van der Waals surface area contributed by atoms with Gasteiger partial charge >= 0.3 is 0 Å². The lowest BCUT2D eigenvalue weighted by molar-refractivity contribution is 0.122. The highest BCUT2D eigenvalue weighted by molar-refractivity contribution is 6.31. The molecule has 2 aromatic heterocycles. The monoisotopic (exact) mass is 359 g/mol. The van der Waals surface area contributed by atoms with Gasteiger partial charge in [0.05, 0.1) is 29.1 Å². The molecule has 25 heavy (non-hydrogen) atoms. The molecule has 1 aliphatic heterocycles. The van der Waals surface area contributed by atoms with Crippen molar-refractivity contribution >= 4 is 39.8 Å². The van der Waals surface area contributed by atoms with Crippen LogP contribution in [0.15, 0.2) is 36.8 Å². The molecule has 128 valence electrons. The summed E-state index contributed by atoms with van der Waals surface area (Å²) in [7, 11) is 0. The molecular weight excluding hydrogens is 345 g/mol. The number of nitrogens with zero attached hydrogens (tertiary/aromatic N) is 4. The number of rotatable bonds is 3. The van der Waals surface area contributed by atoms with Gasteiger partial charge in [0, 0.05) is 31.0 Å². The number of nitrogens with one attached hydrogen (secondary N) is 1. The lowest BCUT2D eigenvalue weighted by Gasteiger charge is -2.27. The Morgan fingerprint density at radius 2 is 1.96 bits per heavy atom. The molecule has 0 saturated carbocycles. The number of hydrogen-bond donors (Lipinski definition) is 1. The molecule has 0 unspecified atom stereocenters. The minimum Gasteiger partial charge on any atom is -0.378 e. The van der Waals surface area contributed by atoms with Gasteiger partial charge < -0.3 is 15.0 Å². The van der Waals surface area contributed by atoms with Crippen LogP contribution in [-0.2, 0) is 4.74 Å². The van der Waals surface area contributed by atoms with Gasteiger partial charge in [0.15, 0.2) is 0 Å². The predicted molar refractivity (Wildman–Crippen MR) is 95.1 cm³/mol. The molecule has 6 nitrogen and oxygen atoms in total. The summed E-state index contributed by atoms with van der Waals surface area (Å²) >= 11 is 5.83. The summed E-state index contributed by atoms with van der Waals surface area (Å²) < 4.78 is 18.7. The third-order valence-corrected chi connectivity index (χ3v) is 4.31. The van der Waals surface area contributed by atoms with Crippen molar-refractivity contribution in [3.63, 3.8) is 0 Å². The van der Waals surface area contributed by atoms with E-state index in [9.17, 15) is 4.39 Å². The Balaban J connectivity index is 1.66. The SMILES string of the molecule is Fc1ccc(Nc2ncnc3cc(N4CCOCC4)ncc23)cc1Cl. The Morgan fingerprint density at radius 3 is 2.76 bits per heavy atom. The molecule has 1 fully saturated rings. The van der Waals surface area contributed by atoms with E-state index in [4.69, 9.17) is 16.3 Å². The molecule has 1 aromatic carbocycles. The third kappa shape index (κ3) is 3.33. The van der Waals surface area contributed by atoms with E-state index >= 15 is 0 Å². The number of pyridine rings is 1. The van der Waals surface area contributed by atoms with E-state index in [-0.39, 0.29) is 5.02 Å². The molecule has 4 rings (SSSR count). The van der Waals surface area contributed by atoms with Crippen LogP contribution in [0, 0.1) is 5.82 Å². The Labute approximate surface area is 148 Å². The van der Waals surface area contributed by atoms with Gasteiger partial charge in [-0.05, 0) is 18.2 Å². The molecule has 8 heteroatoms. The predicted octanol–water partition coefficient (Wildman–Crippen LogP) is 3.40. The summed E-state index contributed by atoms with van der Waals surface area (Å²) in [5.41, 5.74) is 1.42. The van der Waals surface area contributed by atoms with Crippen LogP contribution < -0.4 is 10.2 Å². The van der Waals surface area contributed by atoms with Gasteiger partial charge in [-0.1, -0.05) is 11.6 Å². The standard InChI is InChI=1S/C17H15ClFN5O/c18-13-7-11(1-2-14(13)19)23-17-12-9-20-16(8-15(12)21-10-22-17)24-3-5-25-6-4-24/h1-2,7-10H,3-6H2,(H,21,22,23).